The molecule has 1 fully saturated rings. The first-order valence-corrected chi connectivity index (χ1v) is 12.4. The van der Waals surface area contributed by atoms with Gasteiger partial charge in [-0.1, -0.05) is 23.8 Å². The van der Waals surface area contributed by atoms with Crippen molar-refractivity contribution in [1.82, 2.24) is 9.91 Å². The standard InChI is InChI=1S/C28H35N3O4/c1-5-35-28(33)22-7-6-14-30(17-22)18-27(32)31-26(24-15-19(2)8-9-20(24)3)16-25(29-31)21-10-12-23(34-4)13-11-21/h8-13,15,22,26H,5-7,14,16-18H2,1-4H3. The molecule has 0 bridgehead atoms. The lowest BCUT2D eigenvalue weighted by Gasteiger charge is -2.32. The molecule has 7 heteroatoms. The van der Waals surface area contributed by atoms with Gasteiger partial charge >= 0.3 is 5.97 Å². The van der Waals surface area contributed by atoms with Crippen LogP contribution < -0.4 is 4.74 Å². The molecule has 186 valence electrons. The SMILES string of the molecule is CCOC(=O)C1CCCN(CC(=O)N2N=C(c3ccc(OC)cc3)CC2c2cc(C)ccc2C)C1. The predicted octanol–water partition coefficient (Wildman–Crippen LogP) is 4.26. The van der Waals surface area contributed by atoms with E-state index in [-0.39, 0.29) is 30.4 Å². The van der Waals surface area contributed by atoms with Gasteiger partial charge in [-0.15, -0.1) is 0 Å². The zero-order valence-corrected chi connectivity index (χ0v) is 21.1. The van der Waals surface area contributed by atoms with Gasteiger partial charge in [-0.25, -0.2) is 5.01 Å². The third-order valence-electron chi connectivity index (χ3n) is 6.87. The van der Waals surface area contributed by atoms with Gasteiger partial charge in [-0.3, -0.25) is 14.5 Å². The summed E-state index contributed by atoms with van der Waals surface area (Å²) in [7, 11) is 1.64. The van der Waals surface area contributed by atoms with Crippen molar-refractivity contribution in [2.24, 2.45) is 11.0 Å². The summed E-state index contributed by atoms with van der Waals surface area (Å²) >= 11 is 0. The Balaban J connectivity index is 1.57. The molecule has 0 aromatic heterocycles. The number of methoxy groups -OCH3 is 1. The van der Waals surface area contributed by atoms with Crippen molar-refractivity contribution in [1.29, 1.82) is 0 Å². The number of aryl methyl sites for hydroxylation is 2. The molecule has 2 aliphatic rings. The molecule has 2 unspecified atom stereocenters. The molecule has 7 nitrogen and oxygen atoms in total. The van der Waals surface area contributed by atoms with E-state index in [1.807, 2.05) is 31.2 Å². The van der Waals surface area contributed by atoms with E-state index in [0.717, 1.165) is 53.1 Å². The maximum atomic E-state index is 13.6. The van der Waals surface area contributed by atoms with Crippen LogP contribution in [0.25, 0.3) is 0 Å². The smallest absolute Gasteiger partial charge is 0.310 e. The van der Waals surface area contributed by atoms with E-state index in [0.29, 0.717) is 19.6 Å². The summed E-state index contributed by atoms with van der Waals surface area (Å²) in [5.41, 5.74) is 5.29. The second kappa shape index (κ2) is 11.0. The van der Waals surface area contributed by atoms with Gasteiger partial charge in [0.2, 0.25) is 0 Å². The van der Waals surface area contributed by atoms with Crippen LogP contribution in [0.5, 0.6) is 5.75 Å². The predicted molar refractivity (Wildman–Crippen MR) is 135 cm³/mol. The number of carbonyl (C=O) groups excluding carboxylic acids is 2. The quantitative estimate of drug-likeness (QED) is 0.557. The lowest BCUT2D eigenvalue weighted by atomic mass is 9.94. The number of esters is 1. The van der Waals surface area contributed by atoms with E-state index in [4.69, 9.17) is 14.6 Å². The molecule has 2 aliphatic heterocycles. The van der Waals surface area contributed by atoms with Crippen LogP contribution in [0.15, 0.2) is 47.6 Å². The number of likely N-dealkylation sites (tertiary alicyclic amines) is 1. The first-order chi connectivity index (χ1) is 16.9. The molecule has 0 saturated carbocycles. The maximum absolute atomic E-state index is 13.6. The largest absolute Gasteiger partial charge is 0.497 e. The van der Waals surface area contributed by atoms with Crippen molar-refractivity contribution in [2.75, 3.05) is 33.4 Å². The molecule has 0 spiro atoms. The normalized spacial score (nSPS) is 20.5. The molecule has 2 atom stereocenters. The summed E-state index contributed by atoms with van der Waals surface area (Å²) < 4.78 is 10.5. The molecule has 1 amide bonds. The Labute approximate surface area is 207 Å². The van der Waals surface area contributed by atoms with Gasteiger partial charge in [-0.05, 0) is 81.1 Å². The van der Waals surface area contributed by atoms with Crippen LogP contribution in [0.1, 0.15) is 54.5 Å². The Bertz CT molecular complexity index is 1100. The first-order valence-electron chi connectivity index (χ1n) is 12.4. The van der Waals surface area contributed by atoms with E-state index < -0.39 is 0 Å². The number of amides is 1. The molecule has 2 aromatic carbocycles. The molecule has 2 heterocycles. The fourth-order valence-electron chi connectivity index (χ4n) is 4.97. The van der Waals surface area contributed by atoms with Gasteiger partial charge in [0.15, 0.2) is 0 Å². The van der Waals surface area contributed by atoms with Gasteiger partial charge in [0.25, 0.3) is 5.91 Å². The van der Waals surface area contributed by atoms with E-state index in [1.165, 1.54) is 0 Å². The fourth-order valence-corrected chi connectivity index (χ4v) is 4.97. The summed E-state index contributed by atoms with van der Waals surface area (Å²) in [6.07, 6.45) is 2.32. The van der Waals surface area contributed by atoms with Crippen molar-refractivity contribution < 1.29 is 19.1 Å². The number of piperidine rings is 1. The topological polar surface area (TPSA) is 71.4 Å². The van der Waals surface area contributed by atoms with Crippen LogP contribution in [0, 0.1) is 19.8 Å². The summed E-state index contributed by atoms with van der Waals surface area (Å²) in [6.45, 7) is 7.91. The second-order valence-corrected chi connectivity index (χ2v) is 9.42. The average Bonchev–Trinajstić information content (AvgIpc) is 3.31. The van der Waals surface area contributed by atoms with Crippen LogP contribution in [-0.4, -0.2) is 60.8 Å². The van der Waals surface area contributed by atoms with E-state index in [9.17, 15) is 9.59 Å². The number of nitrogens with zero attached hydrogens (tertiary/aromatic N) is 3. The molecular weight excluding hydrogens is 442 g/mol. The number of hydrogen-bond acceptors (Lipinski definition) is 6. The van der Waals surface area contributed by atoms with Crippen molar-refractivity contribution in [3.05, 3.63) is 64.7 Å². The van der Waals surface area contributed by atoms with Gasteiger partial charge in [0.1, 0.15) is 5.75 Å². The van der Waals surface area contributed by atoms with Gasteiger partial charge in [0, 0.05) is 13.0 Å². The highest BCUT2D eigenvalue weighted by Crippen LogP contribution is 2.35. The Morgan fingerprint density at radius 3 is 2.60 bits per heavy atom. The number of hydrazone groups is 1. The van der Waals surface area contributed by atoms with Crippen LogP contribution in [0.3, 0.4) is 0 Å². The molecule has 35 heavy (non-hydrogen) atoms. The van der Waals surface area contributed by atoms with Gasteiger partial charge in [-0.2, -0.15) is 5.10 Å². The average molecular weight is 478 g/mol. The van der Waals surface area contributed by atoms with Crippen LogP contribution in [0.2, 0.25) is 0 Å². The summed E-state index contributed by atoms with van der Waals surface area (Å²) in [4.78, 5) is 27.9. The highest BCUT2D eigenvalue weighted by atomic mass is 16.5. The Hall–Kier alpha value is -3.19. The van der Waals surface area contributed by atoms with E-state index in [1.54, 1.807) is 12.1 Å². The van der Waals surface area contributed by atoms with Crippen molar-refractivity contribution in [2.45, 2.75) is 46.1 Å². The second-order valence-electron chi connectivity index (χ2n) is 9.42. The number of carbonyl (C=O) groups is 2. The molecule has 0 aliphatic carbocycles. The summed E-state index contributed by atoms with van der Waals surface area (Å²) in [5, 5.41) is 6.49. The lowest BCUT2D eigenvalue weighted by Crippen LogP contribution is -2.44. The maximum Gasteiger partial charge on any atom is 0.310 e. The fraction of sp³-hybridized carbons (Fsp3) is 0.464. The first kappa shape index (κ1) is 24.9. The molecule has 0 N–H and O–H groups in total. The molecule has 2 aromatic rings. The molecule has 0 radical (unpaired) electrons. The Morgan fingerprint density at radius 2 is 1.89 bits per heavy atom. The van der Waals surface area contributed by atoms with Crippen LogP contribution in [0.4, 0.5) is 0 Å². The third-order valence-corrected chi connectivity index (χ3v) is 6.87. The van der Waals surface area contributed by atoms with E-state index >= 15 is 0 Å². The summed E-state index contributed by atoms with van der Waals surface area (Å²) in [6, 6.07) is 14.0. The van der Waals surface area contributed by atoms with Gasteiger partial charge < -0.3 is 9.47 Å². The van der Waals surface area contributed by atoms with Crippen LogP contribution in [-0.2, 0) is 14.3 Å². The minimum atomic E-state index is -0.178. The molecule has 1 saturated heterocycles. The third kappa shape index (κ3) is 5.73. The van der Waals surface area contributed by atoms with Gasteiger partial charge in [0.05, 0.1) is 37.9 Å². The number of hydrogen-bond donors (Lipinski definition) is 0. The number of ether oxygens (including phenoxy) is 2. The van der Waals surface area contributed by atoms with Crippen molar-refractivity contribution in [3.63, 3.8) is 0 Å². The lowest BCUT2D eigenvalue weighted by molar-refractivity contribution is -0.150. The minimum absolute atomic E-state index is 0.0519. The monoisotopic (exact) mass is 477 g/mol. The van der Waals surface area contributed by atoms with Crippen molar-refractivity contribution >= 4 is 17.6 Å². The highest BCUT2D eigenvalue weighted by Gasteiger charge is 2.36. The van der Waals surface area contributed by atoms with E-state index in [2.05, 4.69) is 36.9 Å². The molecular formula is C28H35N3O4. The Morgan fingerprint density at radius 1 is 1.11 bits per heavy atom. The zero-order valence-electron chi connectivity index (χ0n) is 21.1. The highest BCUT2D eigenvalue weighted by molar-refractivity contribution is 6.03. The minimum Gasteiger partial charge on any atom is -0.497 e. The number of rotatable bonds is 7. The Kier molecular flexibility index (Phi) is 7.86. The zero-order chi connectivity index (χ0) is 24.9. The van der Waals surface area contributed by atoms with Crippen molar-refractivity contribution in [3.8, 4) is 5.75 Å². The number of benzene rings is 2. The summed E-state index contributed by atoms with van der Waals surface area (Å²) in [5.74, 6) is 0.388. The molecule has 4 rings (SSSR count). The van der Waals surface area contributed by atoms with Crippen LogP contribution >= 0.6 is 0 Å².